The standard InChI is InChI=1S/C17H18O4/c1-10-8-16(21-4)11(2)7-14(10)13-6-5-12(20-3)9-15(13)17(18)19/h5-9H,1-4H3,(H,18,19). The van der Waals surface area contributed by atoms with E-state index in [1.807, 2.05) is 26.0 Å². The van der Waals surface area contributed by atoms with Gasteiger partial charge < -0.3 is 14.6 Å². The first kappa shape index (κ1) is 14.9. The van der Waals surface area contributed by atoms with Gasteiger partial charge in [-0.3, -0.25) is 0 Å². The van der Waals surface area contributed by atoms with Gasteiger partial charge in [-0.1, -0.05) is 0 Å². The predicted molar refractivity (Wildman–Crippen MR) is 81.4 cm³/mol. The zero-order chi connectivity index (χ0) is 15.6. The number of methoxy groups -OCH3 is 2. The van der Waals surface area contributed by atoms with E-state index in [-0.39, 0.29) is 5.56 Å². The molecule has 0 bridgehead atoms. The van der Waals surface area contributed by atoms with Gasteiger partial charge in [-0.15, -0.1) is 0 Å². The predicted octanol–water partition coefficient (Wildman–Crippen LogP) is 3.69. The molecule has 0 radical (unpaired) electrons. The van der Waals surface area contributed by atoms with E-state index >= 15 is 0 Å². The van der Waals surface area contributed by atoms with Gasteiger partial charge in [0.15, 0.2) is 0 Å². The van der Waals surface area contributed by atoms with Crippen LogP contribution in [-0.4, -0.2) is 25.3 Å². The molecule has 0 aliphatic rings. The second-order valence-corrected chi connectivity index (χ2v) is 4.85. The van der Waals surface area contributed by atoms with Gasteiger partial charge in [-0.05, 0) is 66.4 Å². The summed E-state index contributed by atoms with van der Waals surface area (Å²) in [5.41, 5.74) is 3.71. The molecule has 2 aromatic rings. The van der Waals surface area contributed by atoms with Gasteiger partial charge in [0.2, 0.25) is 0 Å². The van der Waals surface area contributed by atoms with Crippen molar-refractivity contribution in [2.45, 2.75) is 13.8 Å². The fraction of sp³-hybridized carbons (Fsp3) is 0.235. The number of carbonyl (C=O) groups is 1. The minimum absolute atomic E-state index is 0.224. The first-order valence-electron chi connectivity index (χ1n) is 6.55. The number of carboxylic acid groups (broad SMARTS) is 1. The zero-order valence-corrected chi connectivity index (χ0v) is 12.6. The van der Waals surface area contributed by atoms with Crippen LogP contribution in [0.15, 0.2) is 30.3 Å². The summed E-state index contributed by atoms with van der Waals surface area (Å²) < 4.78 is 10.4. The van der Waals surface area contributed by atoms with Crippen molar-refractivity contribution in [3.05, 3.63) is 47.0 Å². The van der Waals surface area contributed by atoms with Crippen LogP contribution >= 0.6 is 0 Å². The molecule has 0 aliphatic heterocycles. The van der Waals surface area contributed by atoms with E-state index in [0.29, 0.717) is 11.3 Å². The van der Waals surface area contributed by atoms with E-state index in [1.54, 1.807) is 19.2 Å². The molecular formula is C17H18O4. The molecule has 0 fully saturated rings. The van der Waals surface area contributed by atoms with Gasteiger partial charge in [0, 0.05) is 0 Å². The third-order valence-corrected chi connectivity index (χ3v) is 3.49. The van der Waals surface area contributed by atoms with Crippen LogP contribution in [0.25, 0.3) is 11.1 Å². The van der Waals surface area contributed by atoms with Crippen LogP contribution in [0.3, 0.4) is 0 Å². The quantitative estimate of drug-likeness (QED) is 0.931. The minimum Gasteiger partial charge on any atom is -0.497 e. The molecule has 1 N–H and O–H groups in total. The van der Waals surface area contributed by atoms with Crippen molar-refractivity contribution in [1.29, 1.82) is 0 Å². The topological polar surface area (TPSA) is 55.8 Å². The Balaban J connectivity index is 2.66. The maximum atomic E-state index is 11.5. The van der Waals surface area contributed by atoms with Crippen molar-refractivity contribution >= 4 is 5.97 Å². The summed E-state index contributed by atoms with van der Waals surface area (Å²) in [5.74, 6) is 0.345. The normalized spacial score (nSPS) is 10.3. The van der Waals surface area contributed by atoms with Crippen LogP contribution < -0.4 is 9.47 Å². The lowest BCUT2D eigenvalue weighted by Crippen LogP contribution is -2.02. The van der Waals surface area contributed by atoms with E-state index in [9.17, 15) is 9.90 Å². The molecule has 0 aliphatic carbocycles. The number of rotatable bonds is 4. The highest BCUT2D eigenvalue weighted by atomic mass is 16.5. The van der Waals surface area contributed by atoms with Crippen LogP contribution in [0.4, 0.5) is 0 Å². The molecule has 110 valence electrons. The van der Waals surface area contributed by atoms with E-state index in [1.165, 1.54) is 13.2 Å². The molecule has 21 heavy (non-hydrogen) atoms. The molecule has 0 aromatic heterocycles. The summed E-state index contributed by atoms with van der Waals surface area (Å²) in [6.45, 7) is 3.87. The van der Waals surface area contributed by atoms with Crippen molar-refractivity contribution in [2.24, 2.45) is 0 Å². The maximum Gasteiger partial charge on any atom is 0.336 e. The molecule has 0 atom stereocenters. The molecule has 0 unspecified atom stereocenters. The Bertz CT molecular complexity index is 689. The van der Waals surface area contributed by atoms with E-state index in [0.717, 1.165) is 22.4 Å². The lowest BCUT2D eigenvalue weighted by molar-refractivity contribution is 0.0697. The van der Waals surface area contributed by atoms with Gasteiger partial charge in [0.05, 0.1) is 19.8 Å². The van der Waals surface area contributed by atoms with Crippen molar-refractivity contribution in [2.75, 3.05) is 14.2 Å². The Morgan fingerprint density at radius 3 is 2.24 bits per heavy atom. The second kappa shape index (κ2) is 5.87. The van der Waals surface area contributed by atoms with Gasteiger partial charge in [-0.2, -0.15) is 0 Å². The van der Waals surface area contributed by atoms with Crippen LogP contribution in [0.1, 0.15) is 21.5 Å². The molecule has 0 heterocycles. The molecule has 0 saturated carbocycles. The summed E-state index contributed by atoms with van der Waals surface area (Å²) >= 11 is 0. The number of carboxylic acids is 1. The highest BCUT2D eigenvalue weighted by molar-refractivity contribution is 5.97. The van der Waals surface area contributed by atoms with Crippen molar-refractivity contribution in [1.82, 2.24) is 0 Å². The SMILES string of the molecule is COc1ccc(-c2cc(C)c(OC)cc2C)c(C(=O)O)c1. The first-order valence-corrected chi connectivity index (χ1v) is 6.55. The van der Waals surface area contributed by atoms with Crippen LogP contribution in [0.2, 0.25) is 0 Å². The second-order valence-electron chi connectivity index (χ2n) is 4.85. The number of hydrogen-bond acceptors (Lipinski definition) is 3. The van der Waals surface area contributed by atoms with Gasteiger partial charge in [-0.25, -0.2) is 4.79 Å². The van der Waals surface area contributed by atoms with Crippen molar-refractivity contribution in [3.8, 4) is 22.6 Å². The molecule has 0 saturated heterocycles. The molecule has 0 amide bonds. The van der Waals surface area contributed by atoms with Gasteiger partial charge in [0.1, 0.15) is 11.5 Å². The smallest absolute Gasteiger partial charge is 0.336 e. The Hall–Kier alpha value is -2.49. The largest absolute Gasteiger partial charge is 0.497 e. The fourth-order valence-electron chi connectivity index (χ4n) is 2.36. The van der Waals surface area contributed by atoms with Gasteiger partial charge in [0.25, 0.3) is 0 Å². The molecule has 2 rings (SSSR count). The fourth-order valence-corrected chi connectivity index (χ4v) is 2.36. The first-order chi connectivity index (χ1) is 9.97. The van der Waals surface area contributed by atoms with Crippen LogP contribution in [0, 0.1) is 13.8 Å². The Labute approximate surface area is 123 Å². The number of hydrogen-bond donors (Lipinski definition) is 1. The zero-order valence-electron chi connectivity index (χ0n) is 12.6. The van der Waals surface area contributed by atoms with E-state index in [2.05, 4.69) is 0 Å². The molecular weight excluding hydrogens is 268 g/mol. The van der Waals surface area contributed by atoms with Crippen LogP contribution in [0.5, 0.6) is 11.5 Å². The van der Waals surface area contributed by atoms with Crippen molar-refractivity contribution < 1.29 is 19.4 Å². The third-order valence-electron chi connectivity index (χ3n) is 3.49. The average molecular weight is 286 g/mol. The average Bonchev–Trinajstić information content (AvgIpc) is 2.48. The molecule has 4 heteroatoms. The Morgan fingerprint density at radius 2 is 1.67 bits per heavy atom. The summed E-state index contributed by atoms with van der Waals surface area (Å²) in [5, 5.41) is 9.43. The minimum atomic E-state index is -0.975. The highest BCUT2D eigenvalue weighted by Gasteiger charge is 2.16. The number of ether oxygens (including phenoxy) is 2. The lowest BCUT2D eigenvalue weighted by Gasteiger charge is -2.14. The molecule has 2 aromatic carbocycles. The number of aromatic carboxylic acids is 1. The summed E-state index contributed by atoms with van der Waals surface area (Å²) in [6.07, 6.45) is 0. The lowest BCUT2D eigenvalue weighted by atomic mass is 9.94. The van der Waals surface area contributed by atoms with Gasteiger partial charge >= 0.3 is 5.97 Å². The maximum absolute atomic E-state index is 11.5. The van der Waals surface area contributed by atoms with Crippen molar-refractivity contribution in [3.63, 3.8) is 0 Å². The third kappa shape index (κ3) is 2.84. The highest BCUT2D eigenvalue weighted by Crippen LogP contribution is 2.33. The number of aryl methyl sites for hydroxylation is 2. The Morgan fingerprint density at radius 1 is 0.952 bits per heavy atom. The summed E-state index contributed by atoms with van der Waals surface area (Å²) in [7, 11) is 3.14. The summed E-state index contributed by atoms with van der Waals surface area (Å²) in [6, 6.07) is 8.94. The Kier molecular flexibility index (Phi) is 4.17. The monoisotopic (exact) mass is 286 g/mol. The van der Waals surface area contributed by atoms with E-state index in [4.69, 9.17) is 9.47 Å². The summed E-state index contributed by atoms with van der Waals surface area (Å²) in [4.78, 5) is 11.5. The van der Waals surface area contributed by atoms with Crippen LogP contribution in [-0.2, 0) is 0 Å². The van der Waals surface area contributed by atoms with E-state index < -0.39 is 5.97 Å². The number of benzene rings is 2. The molecule has 0 spiro atoms. The molecule has 4 nitrogen and oxygen atoms in total.